The fourth-order valence-electron chi connectivity index (χ4n) is 3.41. The lowest BCUT2D eigenvalue weighted by molar-refractivity contribution is 0.180. The maximum absolute atomic E-state index is 12.4. The number of pyridine rings is 1. The topological polar surface area (TPSA) is 78.2 Å². The van der Waals surface area contributed by atoms with Crippen molar-refractivity contribution in [2.75, 3.05) is 13.1 Å². The Morgan fingerprint density at radius 3 is 2.83 bits per heavy atom. The van der Waals surface area contributed by atoms with E-state index < -0.39 is 0 Å². The highest BCUT2D eigenvalue weighted by Crippen LogP contribution is 2.20. The zero-order valence-electron chi connectivity index (χ0n) is 13.9. The Morgan fingerprint density at radius 2 is 2.08 bits per heavy atom. The molecule has 0 radical (unpaired) electrons. The molecule has 24 heavy (non-hydrogen) atoms. The van der Waals surface area contributed by atoms with Crippen LogP contribution >= 0.6 is 0 Å². The Kier molecular flexibility index (Phi) is 5.52. The van der Waals surface area contributed by atoms with Crippen LogP contribution in [0.2, 0.25) is 0 Å². The van der Waals surface area contributed by atoms with E-state index in [0.29, 0.717) is 30.6 Å². The largest absolute Gasteiger partial charge is 0.472 e. The third-order valence-corrected chi connectivity index (χ3v) is 4.77. The molecule has 1 aliphatic carbocycles. The summed E-state index contributed by atoms with van der Waals surface area (Å²) in [6.07, 6.45) is 9.44. The molecule has 6 nitrogen and oxygen atoms in total. The first-order chi connectivity index (χ1) is 11.7. The zero-order valence-corrected chi connectivity index (χ0v) is 13.9. The third-order valence-electron chi connectivity index (χ3n) is 4.77. The molecule has 6 heteroatoms. The fourth-order valence-corrected chi connectivity index (χ4v) is 3.41. The van der Waals surface area contributed by atoms with Crippen LogP contribution in [-0.4, -0.2) is 41.2 Å². The monoisotopic (exact) mass is 328 g/mol. The lowest BCUT2D eigenvalue weighted by Crippen LogP contribution is -2.44. The number of nitrogens with zero attached hydrogens (tertiary/aromatic N) is 3. The molecule has 1 atom stereocenters. The average Bonchev–Trinajstić information content (AvgIpc) is 2.91. The molecule has 1 saturated heterocycles. The van der Waals surface area contributed by atoms with E-state index in [0.717, 1.165) is 19.3 Å². The van der Waals surface area contributed by atoms with Gasteiger partial charge in [0.1, 0.15) is 6.10 Å². The molecule has 1 aromatic heterocycles. The number of carbonyl (C=O) groups is 1. The van der Waals surface area contributed by atoms with Gasteiger partial charge in [-0.2, -0.15) is 5.26 Å². The molecule has 0 spiro atoms. The van der Waals surface area contributed by atoms with Gasteiger partial charge in [0, 0.05) is 31.3 Å². The number of urea groups is 1. The molecule has 0 bridgehead atoms. The van der Waals surface area contributed by atoms with Gasteiger partial charge in [-0.15, -0.1) is 0 Å². The standard InChI is InChI=1S/C18H24N4O2/c19-12-14-7-9-20-17(11-14)24-16-8-10-22(13-16)18(23)21-15-5-3-1-2-4-6-15/h7,9,11,15-16H,1-6,8,10,13H2,(H,21,23). The van der Waals surface area contributed by atoms with Crippen LogP contribution < -0.4 is 10.1 Å². The van der Waals surface area contributed by atoms with Gasteiger partial charge in [-0.3, -0.25) is 0 Å². The molecular formula is C18H24N4O2. The molecule has 1 aliphatic heterocycles. The fraction of sp³-hybridized carbons (Fsp3) is 0.611. The Morgan fingerprint density at radius 1 is 1.29 bits per heavy atom. The highest BCUT2D eigenvalue weighted by Gasteiger charge is 2.29. The van der Waals surface area contributed by atoms with E-state index in [1.165, 1.54) is 25.7 Å². The molecule has 128 valence electrons. The van der Waals surface area contributed by atoms with E-state index in [2.05, 4.69) is 16.4 Å². The number of ether oxygens (including phenoxy) is 1. The van der Waals surface area contributed by atoms with Crippen molar-refractivity contribution in [2.45, 2.75) is 57.1 Å². The van der Waals surface area contributed by atoms with Gasteiger partial charge >= 0.3 is 6.03 Å². The SMILES string of the molecule is N#Cc1ccnc(OC2CCN(C(=O)NC3CCCCCC3)C2)c1. The van der Waals surface area contributed by atoms with E-state index in [4.69, 9.17) is 10.00 Å². The zero-order chi connectivity index (χ0) is 16.8. The van der Waals surface area contributed by atoms with Gasteiger partial charge in [0.15, 0.2) is 0 Å². The smallest absolute Gasteiger partial charge is 0.317 e. The van der Waals surface area contributed by atoms with Gasteiger partial charge in [0.25, 0.3) is 0 Å². The van der Waals surface area contributed by atoms with E-state index in [1.54, 1.807) is 18.3 Å². The molecule has 2 aliphatic rings. The summed E-state index contributed by atoms with van der Waals surface area (Å²) in [6, 6.07) is 5.69. The number of aromatic nitrogens is 1. The second-order valence-electron chi connectivity index (χ2n) is 6.61. The van der Waals surface area contributed by atoms with Crippen molar-refractivity contribution in [2.24, 2.45) is 0 Å². The molecular weight excluding hydrogens is 304 g/mol. The van der Waals surface area contributed by atoms with Crippen molar-refractivity contribution in [3.63, 3.8) is 0 Å². The number of carbonyl (C=O) groups excluding carboxylic acids is 1. The Labute approximate surface area is 142 Å². The lowest BCUT2D eigenvalue weighted by atomic mass is 10.1. The first-order valence-electron chi connectivity index (χ1n) is 8.83. The molecule has 0 aromatic carbocycles. The van der Waals surface area contributed by atoms with Crippen LogP contribution in [0.5, 0.6) is 5.88 Å². The summed E-state index contributed by atoms with van der Waals surface area (Å²) in [5.74, 6) is 0.449. The summed E-state index contributed by atoms with van der Waals surface area (Å²) in [4.78, 5) is 18.4. The lowest BCUT2D eigenvalue weighted by Gasteiger charge is -2.22. The molecule has 1 aromatic rings. The van der Waals surface area contributed by atoms with Gasteiger partial charge < -0.3 is 15.0 Å². The van der Waals surface area contributed by atoms with Crippen molar-refractivity contribution < 1.29 is 9.53 Å². The number of nitrogens with one attached hydrogen (secondary N) is 1. The minimum Gasteiger partial charge on any atom is -0.472 e. The van der Waals surface area contributed by atoms with Gasteiger partial charge in [-0.1, -0.05) is 25.7 Å². The Balaban J connectivity index is 1.49. The number of hydrogen-bond acceptors (Lipinski definition) is 4. The summed E-state index contributed by atoms with van der Waals surface area (Å²) >= 11 is 0. The van der Waals surface area contributed by atoms with Crippen molar-refractivity contribution in [1.29, 1.82) is 5.26 Å². The summed E-state index contributed by atoms with van der Waals surface area (Å²) in [5, 5.41) is 12.1. The molecule has 3 rings (SSSR count). The van der Waals surface area contributed by atoms with Crippen molar-refractivity contribution in [1.82, 2.24) is 15.2 Å². The summed E-state index contributed by atoms with van der Waals surface area (Å²) < 4.78 is 5.82. The quantitative estimate of drug-likeness (QED) is 0.865. The highest BCUT2D eigenvalue weighted by molar-refractivity contribution is 5.74. The van der Waals surface area contributed by atoms with Crippen LogP contribution in [0, 0.1) is 11.3 Å². The predicted molar refractivity (Wildman–Crippen MR) is 89.6 cm³/mol. The summed E-state index contributed by atoms with van der Waals surface area (Å²) in [5.41, 5.74) is 0.529. The first kappa shape index (κ1) is 16.6. The molecule has 2 fully saturated rings. The number of rotatable bonds is 3. The van der Waals surface area contributed by atoms with Crippen LogP contribution in [0.3, 0.4) is 0 Å². The van der Waals surface area contributed by atoms with Crippen molar-refractivity contribution in [3.8, 4) is 11.9 Å². The predicted octanol–water partition coefficient (Wildman–Crippen LogP) is 2.84. The summed E-state index contributed by atoms with van der Waals surface area (Å²) in [7, 11) is 0. The van der Waals surface area contributed by atoms with Gasteiger partial charge in [0.2, 0.25) is 5.88 Å². The molecule has 1 unspecified atom stereocenters. The number of likely N-dealkylation sites (tertiary alicyclic amines) is 1. The van der Waals surface area contributed by atoms with E-state index >= 15 is 0 Å². The van der Waals surface area contributed by atoms with Gasteiger partial charge in [-0.05, 0) is 18.9 Å². The normalized spacial score (nSPS) is 21.8. The molecule has 1 saturated carbocycles. The van der Waals surface area contributed by atoms with Crippen LogP contribution in [0.1, 0.15) is 50.5 Å². The average molecular weight is 328 g/mol. The van der Waals surface area contributed by atoms with E-state index in [-0.39, 0.29) is 12.1 Å². The third kappa shape index (κ3) is 4.38. The van der Waals surface area contributed by atoms with Crippen LogP contribution in [-0.2, 0) is 0 Å². The first-order valence-corrected chi connectivity index (χ1v) is 8.83. The number of hydrogen-bond donors (Lipinski definition) is 1. The van der Waals surface area contributed by atoms with Crippen LogP contribution in [0.4, 0.5) is 4.79 Å². The highest BCUT2D eigenvalue weighted by atomic mass is 16.5. The van der Waals surface area contributed by atoms with E-state index in [9.17, 15) is 4.79 Å². The maximum atomic E-state index is 12.4. The van der Waals surface area contributed by atoms with Crippen molar-refractivity contribution >= 4 is 6.03 Å². The van der Waals surface area contributed by atoms with E-state index in [1.807, 2.05) is 4.90 Å². The van der Waals surface area contributed by atoms with Crippen molar-refractivity contribution in [3.05, 3.63) is 23.9 Å². The second-order valence-corrected chi connectivity index (χ2v) is 6.61. The molecule has 2 heterocycles. The van der Waals surface area contributed by atoms with Gasteiger partial charge in [-0.25, -0.2) is 9.78 Å². The molecule has 2 amide bonds. The van der Waals surface area contributed by atoms with Gasteiger partial charge in [0.05, 0.1) is 18.2 Å². The summed E-state index contributed by atoms with van der Waals surface area (Å²) in [6.45, 7) is 1.26. The number of amides is 2. The van der Waals surface area contributed by atoms with Crippen LogP contribution in [0.15, 0.2) is 18.3 Å². The maximum Gasteiger partial charge on any atom is 0.317 e. The second kappa shape index (κ2) is 8.00. The van der Waals surface area contributed by atoms with Crippen LogP contribution in [0.25, 0.3) is 0 Å². The minimum atomic E-state index is -0.0636. The number of nitriles is 1. The molecule has 1 N–H and O–H groups in total. The Bertz CT molecular complexity index is 605. The minimum absolute atomic E-state index is 0.0201. The Hall–Kier alpha value is -2.29.